The van der Waals surface area contributed by atoms with E-state index in [0.29, 0.717) is 41.9 Å². The number of carbonyl (C=O) groups is 1. The molecule has 0 aliphatic carbocycles. The summed E-state index contributed by atoms with van der Waals surface area (Å²) in [5.74, 6) is -0.0172. The van der Waals surface area contributed by atoms with Crippen molar-refractivity contribution in [3.05, 3.63) is 23.9 Å². The Balaban J connectivity index is 1.62. The van der Waals surface area contributed by atoms with Gasteiger partial charge in [0.2, 0.25) is 0 Å². The topological polar surface area (TPSA) is 88.4 Å². The largest absolute Gasteiger partial charge is 0.506 e. The van der Waals surface area contributed by atoms with Gasteiger partial charge in [-0.05, 0) is 32.3 Å². The van der Waals surface area contributed by atoms with Crippen LogP contribution in [0, 0.1) is 0 Å². The Hall–Kier alpha value is -2.12. The van der Waals surface area contributed by atoms with Gasteiger partial charge in [0.25, 0.3) is 5.91 Å². The van der Waals surface area contributed by atoms with Crippen molar-refractivity contribution in [3.8, 4) is 5.75 Å². The number of morpholine rings is 1. The molecule has 0 radical (unpaired) electrons. The first-order chi connectivity index (χ1) is 12.6. The van der Waals surface area contributed by atoms with Crippen LogP contribution in [0.2, 0.25) is 0 Å². The Morgan fingerprint density at radius 1 is 1.42 bits per heavy atom. The van der Waals surface area contributed by atoms with Gasteiger partial charge in [-0.25, -0.2) is 0 Å². The normalized spacial score (nSPS) is 26.6. The van der Waals surface area contributed by atoms with Gasteiger partial charge in [0.05, 0.1) is 13.2 Å². The van der Waals surface area contributed by atoms with E-state index >= 15 is 0 Å². The second-order valence-corrected chi connectivity index (χ2v) is 7.46. The number of piperidine rings is 1. The van der Waals surface area contributed by atoms with Gasteiger partial charge in [0.15, 0.2) is 5.69 Å². The summed E-state index contributed by atoms with van der Waals surface area (Å²) in [6, 6.07) is 6.05. The summed E-state index contributed by atoms with van der Waals surface area (Å²) >= 11 is 0. The fourth-order valence-electron chi connectivity index (χ4n) is 4.04. The Morgan fingerprint density at radius 3 is 2.85 bits per heavy atom. The summed E-state index contributed by atoms with van der Waals surface area (Å²) in [6.45, 7) is 5.49. The molecule has 2 fully saturated rings. The smallest absolute Gasteiger partial charge is 0.272 e. The fraction of sp³-hybridized carbons (Fsp3) is 0.579. The molecule has 1 aromatic carbocycles. The molecular formula is C19H26N4O3. The zero-order valence-electron chi connectivity index (χ0n) is 15.2. The highest BCUT2D eigenvalue weighted by Crippen LogP contribution is 2.30. The lowest BCUT2D eigenvalue weighted by atomic mass is 9.92. The number of aromatic nitrogens is 2. The van der Waals surface area contributed by atoms with E-state index in [4.69, 9.17) is 4.74 Å². The molecule has 2 aromatic rings. The van der Waals surface area contributed by atoms with Gasteiger partial charge in [-0.3, -0.25) is 9.48 Å². The number of nitrogens with zero attached hydrogens (tertiary/aromatic N) is 2. The number of hydrogen-bond donors (Lipinski definition) is 3. The average molecular weight is 358 g/mol. The molecule has 2 aliphatic heterocycles. The van der Waals surface area contributed by atoms with Crippen LogP contribution in [0.1, 0.15) is 49.6 Å². The number of phenolic OH excluding ortho intramolecular Hbond substituents is 1. The maximum atomic E-state index is 13.0. The molecule has 4 atom stereocenters. The lowest BCUT2D eigenvalue weighted by molar-refractivity contribution is 0.0148. The van der Waals surface area contributed by atoms with Gasteiger partial charge >= 0.3 is 0 Å². The quantitative estimate of drug-likeness (QED) is 0.778. The number of nitrogens with one attached hydrogen (secondary N) is 2. The second kappa shape index (κ2) is 6.89. The van der Waals surface area contributed by atoms with Crippen molar-refractivity contribution in [2.24, 2.45) is 0 Å². The van der Waals surface area contributed by atoms with Crippen molar-refractivity contribution in [1.82, 2.24) is 20.4 Å². The number of hydrogen-bond acceptors (Lipinski definition) is 5. The predicted octanol–water partition coefficient (Wildman–Crippen LogP) is 1.96. The first-order valence-corrected chi connectivity index (χ1v) is 9.41. The van der Waals surface area contributed by atoms with Crippen LogP contribution in [0.3, 0.4) is 0 Å². The SMILES string of the molecule is CCC(C)n1nc(C(=O)N[C@H]2C[C@H]3COC[C@@H](C2)N3)c2cccc(O)c21. The van der Waals surface area contributed by atoms with Gasteiger partial charge in [-0.1, -0.05) is 19.1 Å². The number of aromatic hydroxyl groups is 1. The van der Waals surface area contributed by atoms with Crippen LogP contribution in [-0.4, -0.2) is 52.1 Å². The number of benzene rings is 1. The Labute approximate surface area is 152 Å². The summed E-state index contributed by atoms with van der Waals surface area (Å²) in [7, 11) is 0. The lowest BCUT2D eigenvalue weighted by Gasteiger charge is -2.40. The maximum Gasteiger partial charge on any atom is 0.272 e. The highest BCUT2D eigenvalue weighted by molar-refractivity contribution is 6.06. The fourth-order valence-corrected chi connectivity index (χ4v) is 4.04. The van der Waals surface area contributed by atoms with Crippen LogP contribution in [0.5, 0.6) is 5.75 Å². The minimum Gasteiger partial charge on any atom is -0.506 e. The first kappa shape index (κ1) is 17.3. The second-order valence-electron chi connectivity index (χ2n) is 7.46. The summed E-state index contributed by atoms with van der Waals surface area (Å²) in [5, 5.41) is 22.2. The molecule has 7 nitrogen and oxygen atoms in total. The molecule has 2 bridgehead atoms. The zero-order chi connectivity index (χ0) is 18.3. The first-order valence-electron chi connectivity index (χ1n) is 9.41. The maximum absolute atomic E-state index is 13.0. The molecule has 1 amide bonds. The number of fused-ring (bicyclic) bond motifs is 3. The van der Waals surface area contributed by atoms with E-state index in [1.165, 1.54) is 0 Å². The summed E-state index contributed by atoms with van der Waals surface area (Å²) in [5.41, 5.74) is 1.01. The molecule has 0 saturated carbocycles. The third kappa shape index (κ3) is 3.05. The monoisotopic (exact) mass is 358 g/mol. The highest BCUT2D eigenvalue weighted by Gasteiger charge is 2.33. The third-order valence-electron chi connectivity index (χ3n) is 5.51. The van der Waals surface area contributed by atoms with E-state index in [2.05, 4.69) is 22.7 Å². The standard InChI is InChI=1S/C19H26N4O3/c1-3-11(2)23-18-15(5-4-6-16(18)24)17(22-23)19(25)21-12-7-13-9-26-10-14(8-12)20-13/h4-6,11-14,20,24H,3,7-10H2,1-2H3,(H,21,25)/t11?,12-,13-,14+. The molecule has 7 heteroatoms. The van der Waals surface area contributed by atoms with Crippen molar-refractivity contribution in [2.75, 3.05) is 13.2 Å². The van der Waals surface area contributed by atoms with Gasteiger partial charge in [-0.2, -0.15) is 5.10 Å². The molecule has 3 heterocycles. The van der Waals surface area contributed by atoms with Gasteiger partial charge < -0.3 is 20.5 Å². The summed E-state index contributed by atoms with van der Waals surface area (Å²) in [6.07, 6.45) is 2.58. The molecule has 0 spiro atoms. The van der Waals surface area contributed by atoms with Crippen LogP contribution in [0.25, 0.3) is 10.9 Å². The zero-order valence-corrected chi connectivity index (χ0v) is 15.2. The van der Waals surface area contributed by atoms with Crippen LogP contribution < -0.4 is 10.6 Å². The van der Waals surface area contributed by atoms with Crippen molar-refractivity contribution in [2.45, 2.75) is 57.3 Å². The molecule has 140 valence electrons. The van der Waals surface area contributed by atoms with Crippen molar-refractivity contribution >= 4 is 16.8 Å². The predicted molar refractivity (Wildman–Crippen MR) is 98.4 cm³/mol. The Morgan fingerprint density at radius 2 is 2.15 bits per heavy atom. The highest BCUT2D eigenvalue weighted by atomic mass is 16.5. The minimum atomic E-state index is -0.173. The van der Waals surface area contributed by atoms with Gasteiger partial charge in [-0.15, -0.1) is 0 Å². The number of para-hydroxylation sites is 1. The lowest BCUT2D eigenvalue weighted by Crippen LogP contribution is -2.58. The van der Waals surface area contributed by atoms with Crippen LogP contribution >= 0.6 is 0 Å². The molecule has 2 saturated heterocycles. The van der Waals surface area contributed by atoms with Crippen molar-refractivity contribution in [3.63, 3.8) is 0 Å². The molecule has 3 N–H and O–H groups in total. The van der Waals surface area contributed by atoms with E-state index in [1.807, 2.05) is 13.0 Å². The third-order valence-corrected chi connectivity index (χ3v) is 5.51. The summed E-state index contributed by atoms with van der Waals surface area (Å²) < 4.78 is 7.34. The Bertz CT molecular complexity index is 806. The molecule has 2 aliphatic rings. The number of carbonyl (C=O) groups excluding carboxylic acids is 1. The number of ether oxygens (including phenoxy) is 1. The summed E-state index contributed by atoms with van der Waals surface area (Å²) in [4.78, 5) is 13.0. The van der Waals surface area contributed by atoms with Crippen molar-refractivity contribution in [1.29, 1.82) is 0 Å². The van der Waals surface area contributed by atoms with Gasteiger partial charge in [0, 0.05) is 29.6 Å². The van der Waals surface area contributed by atoms with Crippen molar-refractivity contribution < 1.29 is 14.6 Å². The molecule has 1 aromatic heterocycles. The molecule has 26 heavy (non-hydrogen) atoms. The average Bonchev–Trinajstić information content (AvgIpc) is 3.02. The molecular weight excluding hydrogens is 332 g/mol. The van der Waals surface area contributed by atoms with E-state index < -0.39 is 0 Å². The number of amides is 1. The van der Waals surface area contributed by atoms with E-state index in [-0.39, 0.29) is 23.7 Å². The number of phenols is 1. The minimum absolute atomic E-state index is 0.0998. The van der Waals surface area contributed by atoms with E-state index in [9.17, 15) is 9.90 Å². The van der Waals surface area contributed by atoms with Crippen LogP contribution in [-0.2, 0) is 4.74 Å². The van der Waals surface area contributed by atoms with E-state index in [0.717, 1.165) is 19.3 Å². The number of rotatable bonds is 4. The van der Waals surface area contributed by atoms with E-state index in [1.54, 1.807) is 16.8 Å². The molecule has 4 rings (SSSR count). The van der Waals surface area contributed by atoms with Crippen LogP contribution in [0.4, 0.5) is 0 Å². The van der Waals surface area contributed by atoms with Gasteiger partial charge in [0.1, 0.15) is 11.3 Å². The van der Waals surface area contributed by atoms with Crippen LogP contribution in [0.15, 0.2) is 18.2 Å². The Kier molecular flexibility index (Phi) is 4.58. The molecule has 1 unspecified atom stereocenters.